The number of halogens is 1. The maximum absolute atomic E-state index is 11.1. The van der Waals surface area contributed by atoms with Crippen molar-refractivity contribution < 1.29 is 4.92 Å². The quantitative estimate of drug-likeness (QED) is 0.523. The van der Waals surface area contributed by atoms with Gasteiger partial charge in [-0.25, -0.2) is 4.98 Å². The summed E-state index contributed by atoms with van der Waals surface area (Å²) in [6.07, 6.45) is 5.28. The molecule has 1 N–H and O–H groups in total. The Balaban J connectivity index is 2.31. The van der Waals surface area contributed by atoms with Crippen molar-refractivity contribution in [1.82, 2.24) is 9.97 Å². The lowest BCUT2D eigenvalue weighted by molar-refractivity contribution is -0.385. The van der Waals surface area contributed by atoms with Crippen LogP contribution in [0.15, 0.2) is 0 Å². The van der Waals surface area contributed by atoms with Crippen molar-refractivity contribution in [1.29, 1.82) is 0 Å². The summed E-state index contributed by atoms with van der Waals surface area (Å²) in [4.78, 5) is 18.5. The molecule has 19 heavy (non-hydrogen) atoms. The molecular weight excluding hydrogens is 288 g/mol. The lowest BCUT2D eigenvalue weighted by Gasteiger charge is -2.19. The Labute approximate surface area is 120 Å². The van der Waals surface area contributed by atoms with Crippen molar-refractivity contribution in [3.05, 3.63) is 21.1 Å². The van der Waals surface area contributed by atoms with Crippen molar-refractivity contribution in [2.45, 2.75) is 37.5 Å². The Kier molecular flexibility index (Phi) is 4.46. The number of nitrogens with zero attached hydrogens (tertiary/aromatic N) is 3. The van der Waals surface area contributed by atoms with E-state index in [1.165, 1.54) is 0 Å². The molecule has 1 aromatic heterocycles. The summed E-state index contributed by atoms with van der Waals surface area (Å²) in [5.41, 5.74) is 0.197. The van der Waals surface area contributed by atoms with Gasteiger partial charge in [0.05, 0.1) is 4.92 Å². The van der Waals surface area contributed by atoms with Gasteiger partial charge in [0, 0.05) is 11.3 Å². The first-order chi connectivity index (χ1) is 9.02. The van der Waals surface area contributed by atoms with Crippen LogP contribution in [0.3, 0.4) is 0 Å². The molecule has 1 aromatic rings. The molecule has 2 atom stereocenters. The normalized spacial score (nSPS) is 22.5. The first-order valence-corrected chi connectivity index (χ1v) is 7.67. The summed E-state index contributed by atoms with van der Waals surface area (Å²) >= 11 is 7.57. The number of nitrogens with one attached hydrogen (secondary N) is 1. The van der Waals surface area contributed by atoms with Crippen molar-refractivity contribution in [3.8, 4) is 0 Å². The largest absolute Gasteiger partial charge is 0.360 e. The molecule has 2 unspecified atom stereocenters. The number of hydrogen-bond donors (Lipinski definition) is 1. The molecule has 0 aromatic carbocycles. The fraction of sp³-hybridized carbons (Fsp3) is 0.636. The van der Waals surface area contributed by atoms with Gasteiger partial charge in [0.2, 0.25) is 11.1 Å². The van der Waals surface area contributed by atoms with Crippen LogP contribution < -0.4 is 5.32 Å². The first-order valence-electron chi connectivity index (χ1n) is 6.00. The SMILES string of the molecule is CSC1CCCC1Nc1nc(Cl)nc(C)c1[N+](=O)[O-]. The first kappa shape index (κ1) is 14.3. The maximum Gasteiger partial charge on any atom is 0.332 e. The number of anilines is 1. The standard InChI is InChI=1S/C11H15ClN4O2S/c1-6-9(16(17)18)10(15-11(12)13-6)14-7-4-3-5-8(7)19-2/h7-8H,3-5H2,1-2H3,(H,13,14,15). The second-order valence-electron chi connectivity index (χ2n) is 4.49. The van der Waals surface area contributed by atoms with Crippen LogP contribution in [0.5, 0.6) is 0 Å². The van der Waals surface area contributed by atoms with E-state index in [0.29, 0.717) is 5.25 Å². The zero-order valence-corrected chi connectivity index (χ0v) is 12.3. The van der Waals surface area contributed by atoms with Crippen LogP contribution in [-0.2, 0) is 0 Å². The molecular formula is C11H15ClN4O2S. The highest BCUT2D eigenvalue weighted by Crippen LogP contribution is 2.33. The van der Waals surface area contributed by atoms with Crippen molar-refractivity contribution >= 4 is 34.9 Å². The number of aromatic nitrogens is 2. The molecule has 1 aliphatic carbocycles. The van der Waals surface area contributed by atoms with Crippen LogP contribution in [0.4, 0.5) is 11.5 Å². The third kappa shape index (κ3) is 3.09. The molecule has 0 saturated heterocycles. The van der Waals surface area contributed by atoms with E-state index in [2.05, 4.69) is 21.5 Å². The lowest BCUT2D eigenvalue weighted by atomic mass is 10.2. The molecule has 0 bridgehead atoms. The second-order valence-corrected chi connectivity index (χ2v) is 5.90. The summed E-state index contributed by atoms with van der Waals surface area (Å²) in [5, 5.41) is 14.8. The molecule has 0 amide bonds. The molecule has 1 aliphatic rings. The summed E-state index contributed by atoms with van der Waals surface area (Å²) in [6.45, 7) is 1.57. The van der Waals surface area contributed by atoms with Gasteiger partial charge in [-0.1, -0.05) is 6.42 Å². The summed E-state index contributed by atoms with van der Waals surface area (Å²) in [6, 6.07) is 0.194. The third-order valence-corrected chi connectivity index (χ3v) is 4.63. The zero-order valence-electron chi connectivity index (χ0n) is 10.7. The van der Waals surface area contributed by atoms with E-state index in [1.807, 2.05) is 0 Å². The number of rotatable bonds is 4. The molecule has 1 saturated carbocycles. The monoisotopic (exact) mass is 302 g/mol. The fourth-order valence-electron chi connectivity index (χ4n) is 2.40. The summed E-state index contributed by atoms with van der Waals surface area (Å²) < 4.78 is 0. The molecule has 2 rings (SSSR count). The highest BCUT2D eigenvalue weighted by atomic mass is 35.5. The van der Waals surface area contributed by atoms with Crippen LogP contribution in [0.25, 0.3) is 0 Å². The Morgan fingerprint density at radius 2 is 2.21 bits per heavy atom. The molecule has 1 fully saturated rings. The molecule has 0 radical (unpaired) electrons. The molecule has 1 heterocycles. The van der Waals surface area contributed by atoms with Crippen LogP contribution in [0.1, 0.15) is 25.0 Å². The van der Waals surface area contributed by atoms with Crippen molar-refractivity contribution in [2.24, 2.45) is 0 Å². The molecule has 6 nitrogen and oxygen atoms in total. The Morgan fingerprint density at radius 1 is 1.47 bits per heavy atom. The predicted molar refractivity (Wildman–Crippen MR) is 77.0 cm³/mol. The smallest absolute Gasteiger partial charge is 0.332 e. The van der Waals surface area contributed by atoms with Gasteiger partial charge in [-0.05, 0) is 37.6 Å². The minimum atomic E-state index is -0.461. The van der Waals surface area contributed by atoms with E-state index in [4.69, 9.17) is 11.6 Å². The fourth-order valence-corrected chi connectivity index (χ4v) is 3.55. The minimum absolute atomic E-state index is 0.0318. The van der Waals surface area contributed by atoms with E-state index >= 15 is 0 Å². The maximum atomic E-state index is 11.1. The van der Waals surface area contributed by atoms with Gasteiger partial charge in [0.25, 0.3) is 0 Å². The topological polar surface area (TPSA) is 81.0 Å². The minimum Gasteiger partial charge on any atom is -0.360 e. The van der Waals surface area contributed by atoms with Crippen LogP contribution >= 0.6 is 23.4 Å². The third-order valence-electron chi connectivity index (χ3n) is 3.29. The van der Waals surface area contributed by atoms with E-state index in [-0.39, 0.29) is 28.5 Å². The van der Waals surface area contributed by atoms with Gasteiger partial charge >= 0.3 is 5.69 Å². The summed E-state index contributed by atoms with van der Waals surface area (Å²) in [5.74, 6) is 0.230. The summed E-state index contributed by atoms with van der Waals surface area (Å²) in [7, 11) is 0. The van der Waals surface area contributed by atoms with Gasteiger partial charge in [0.15, 0.2) is 0 Å². The average Bonchev–Trinajstić information content (AvgIpc) is 2.74. The molecule has 8 heteroatoms. The van der Waals surface area contributed by atoms with Gasteiger partial charge in [-0.3, -0.25) is 10.1 Å². The number of hydrogen-bond acceptors (Lipinski definition) is 6. The number of aryl methyl sites for hydroxylation is 1. The van der Waals surface area contributed by atoms with Gasteiger partial charge in [-0.2, -0.15) is 16.7 Å². The second kappa shape index (κ2) is 5.92. The average molecular weight is 303 g/mol. The van der Waals surface area contributed by atoms with E-state index in [1.54, 1.807) is 18.7 Å². The Hall–Kier alpha value is -1.08. The van der Waals surface area contributed by atoms with Gasteiger partial charge < -0.3 is 5.32 Å². The Bertz CT molecular complexity index is 500. The number of thioether (sulfide) groups is 1. The molecule has 0 aliphatic heterocycles. The molecule has 0 spiro atoms. The highest BCUT2D eigenvalue weighted by Gasteiger charge is 2.30. The van der Waals surface area contributed by atoms with Crippen LogP contribution in [0, 0.1) is 17.0 Å². The van der Waals surface area contributed by atoms with Crippen molar-refractivity contribution in [3.63, 3.8) is 0 Å². The van der Waals surface area contributed by atoms with E-state index in [0.717, 1.165) is 19.3 Å². The lowest BCUT2D eigenvalue weighted by Crippen LogP contribution is -2.27. The predicted octanol–water partition coefficient (Wildman–Crippen LogP) is 3.04. The van der Waals surface area contributed by atoms with Gasteiger partial charge in [-0.15, -0.1) is 0 Å². The van der Waals surface area contributed by atoms with Gasteiger partial charge in [0.1, 0.15) is 5.69 Å². The van der Waals surface area contributed by atoms with Crippen molar-refractivity contribution in [2.75, 3.05) is 11.6 Å². The Morgan fingerprint density at radius 3 is 2.84 bits per heavy atom. The van der Waals surface area contributed by atoms with E-state index in [9.17, 15) is 10.1 Å². The molecule has 104 valence electrons. The highest BCUT2D eigenvalue weighted by molar-refractivity contribution is 7.99. The van der Waals surface area contributed by atoms with Crippen LogP contribution in [-0.4, -0.2) is 32.4 Å². The zero-order chi connectivity index (χ0) is 14.0. The van der Waals surface area contributed by atoms with Crippen LogP contribution in [0.2, 0.25) is 5.28 Å². The number of nitro groups is 1. The van der Waals surface area contributed by atoms with E-state index < -0.39 is 4.92 Å².